The van der Waals surface area contributed by atoms with Crippen LogP contribution in [0.1, 0.15) is 24.4 Å². The van der Waals surface area contributed by atoms with Crippen LogP contribution in [0.2, 0.25) is 0 Å². The number of nitrogens with one attached hydrogen (secondary N) is 2. The SMILES string of the molecule is CCNCNC(c1ccccn1)c1ccccn1. The van der Waals surface area contributed by atoms with E-state index in [-0.39, 0.29) is 6.04 Å². The van der Waals surface area contributed by atoms with Crippen LogP contribution in [0.25, 0.3) is 0 Å². The van der Waals surface area contributed by atoms with Crippen molar-refractivity contribution < 1.29 is 0 Å². The van der Waals surface area contributed by atoms with Crippen LogP contribution in [0.15, 0.2) is 48.8 Å². The highest BCUT2D eigenvalue weighted by molar-refractivity contribution is 5.21. The first kappa shape index (κ1) is 12.7. The van der Waals surface area contributed by atoms with Crippen molar-refractivity contribution in [3.8, 4) is 0 Å². The molecule has 2 aromatic heterocycles. The fourth-order valence-electron chi connectivity index (χ4n) is 1.75. The fourth-order valence-corrected chi connectivity index (χ4v) is 1.75. The third-order valence-corrected chi connectivity index (χ3v) is 2.65. The lowest BCUT2D eigenvalue weighted by Crippen LogP contribution is -2.33. The van der Waals surface area contributed by atoms with Crippen LogP contribution in [0.3, 0.4) is 0 Å². The summed E-state index contributed by atoms with van der Waals surface area (Å²) in [7, 11) is 0. The maximum atomic E-state index is 4.40. The standard InChI is InChI=1S/C14H18N4/c1-2-15-11-18-14(12-7-3-5-9-16-12)13-8-4-6-10-17-13/h3-10,14-15,18H,2,11H2,1H3. The van der Waals surface area contributed by atoms with E-state index in [1.54, 1.807) is 12.4 Å². The number of rotatable bonds is 6. The number of pyridine rings is 2. The molecule has 0 atom stereocenters. The van der Waals surface area contributed by atoms with Crippen molar-refractivity contribution in [2.75, 3.05) is 13.2 Å². The molecule has 2 heterocycles. The Morgan fingerprint density at radius 3 is 2.06 bits per heavy atom. The summed E-state index contributed by atoms with van der Waals surface area (Å²) in [5, 5.41) is 6.67. The van der Waals surface area contributed by atoms with Crippen molar-refractivity contribution in [1.29, 1.82) is 0 Å². The van der Waals surface area contributed by atoms with E-state index < -0.39 is 0 Å². The van der Waals surface area contributed by atoms with Crippen molar-refractivity contribution >= 4 is 0 Å². The van der Waals surface area contributed by atoms with E-state index in [0.717, 1.165) is 24.6 Å². The molecule has 0 aliphatic heterocycles. The van der Waals surface area contributed by atoms with Gasteiger partial charge >= 0.3 is 0 Å². The summed E-state index contributed by atoms with van der Waals surface area (Å²) >= 11 is 0. The van der Waals surface area contributed by atoms with Crippen molar-refractivity contribution in [2.45, 2.75) is 13.0 Å². The molecule has 2 aromatic rings. The molecule has 0 saturated carbocycles. The Bertz CT molecular complexity index is 404. The quantitative estimate of drug-likeness (QED) is 0.598. The van der Waals surface area contributed by atoms with Crippen LogP contribution in [0, 0.1) is 0 Å². The van der Waals surface area contributed by atoms with Crippen LogP contribution in [0.4, 0.5) is 0 Å². The molecule has 94 valence electrons. The third-order valence-electron chi connectivity index (χ3n) is 2.65. The number of aromatic nitrogens is 2. The average molecular weight is 242 g/mol. The van der Waals surface area contributed by atoms with Gasteiger partial charge in [0.05, 0.1) is 17.4 Å². The van der Waals surface area contributed by atoms with Crippen LogP contribution in [-0.4, -0.2) is 23.2 Å². The van der Waals surface area contributed by atoms with E-state index >= 15 is 0 Å². The lowest BCUT2D eigenvalue weighted by atomic mass is 10.1. The van der Waals surface area contributed by atoms with Gasteiger partial charge in [-0.15, -0.1) is 0 Å². The van der Waals surface area contributed by atoms with Crippen molar-refractivity contribution in [2.24, 2.45) is 0 Å². The molecule has 0 aromatic carbocycles. The topological polar surface area (TPSA) is 49.8 Å². The van der Waals surface area contributed by atoms with Gasteiger partial charge < -0.3 is 5.32 Å². The molecule has 2 rings (SSSR count). The van der Waals surface area contributed by atoms with Crippen molar-refractivity contribution in [3.63, 3.8) is 0 Å². The molecule has 18 heavy (non-hydrogen) atoms. The summed E-state index contributed by atoms with van der Waals surface area (Å²) < 4.78 is 0. The van der Waals surface area contributed by atoms with Crippen molar-refractivity contribution in [3.05, 3.63) is 60.2 Å². The van der Waals surface area contributed by atoms with E-state index in [0.29, 0.717) is 0 Å². The molecule has 2 N–H and O–H groups in total. The van der Waals surface area contributed by atoms with Gasteiger partial charge in [-0.25, -0.2) is 0 Å². The Morgan fingerprint density at radius 1 is 1.00 bits per heavy atom. The largest absolute Gasteiger partial charge is 0.305 e. The van der Waals surface area contributed by atoms with Gasteiger partial charge in [-0.1, -0.05) is 19.1 Å². The van der Waals surface area contributed by atoms with Gasteiger partial charge in [-0.05, 0) is 30.8 Å². The van der Waals surface area contributed by atoms with Crippen LogP contribution < -0.4 is 10.6 Å². The van der Waals surface area contributed by atoms with E-state index in [9.17, 15) is 0 Å². The lowest BCUT2D eigenvalue weighted by Gasteiger charge is -2.17. The van der Waals surface area contributed by atoms with Crippen LogP contribution in [0.5, 0.6) is 0 Å². The van der Waals surface area contributed by atoms with E-state index in [2.05, 4.69) is 27.5 Å². The highest BCUT2D eigenvalue weighted by atomic mass is 15.1. The Morgan fingerprint density at radius 2 is 1.61 bits per heavy atom. The minimum absolute atomic E-state index is 0.0199. The summed E-state index contributed by atoms with van der Waals surface area (Å²) in [6.07, 6.45) is 3.61. The maximum absolute atomic E-state index is 4.40. The molecule has 0 bridgehead atoms. The van der Waals surface area contributed by atoms with Gasteiger partial charge in [0.1, 0.15) is 0 Å². The molecule has 0 saturated heterocycles. The second-order valence-electron chi connectivity index (χ2n) is 3.93. The average Bonchev–Trinajstić information content (AvgIpc) is 2.46. The van der Waals surface area contributed by atoms with E-state index in [4.69, 9.17) is 0 Å². The second kappa shape index (κ2) is 6.83. The molecule has 0 fully saturated rings. The summed E-state index contributed by atoms with van der Waals surface area (Å²) in [6.45, 7) is 3.75. The maximum Gasteiger partial charge on any atom is 0.0934 e. The summed E-state index contributed by atoms with van der Waals surface area (Å²) in [4.78, 5) is 8.81. The lowest BCUT2D eigenvalue weighted by molar-refractivity contribution is 0.531. The normalized spacial score (nSPS) is 10.8. The molecular weight excluding hydrogens is 224 g/mol. The zero-order valence-corrected chi connectivity index (χ0v) is 10.5. The Hall–Kier alpha value is -1.78. The smallest absolute Gasteiger partial charge is 0.0934 e. The van der Waals surface area contributed by atoms with E-state index in [1.165, 1.54) is 0 Å². The van der Waals surface area contributed by atoms with Crippen molar-refractivity contribution in [1.82, 2.24) is 20.6 Å². The second-order valence-corrected chi connectivity index (χ2v) is 3.93. The Balaban J connectivity index is 2.18. The number of nitrogens with zero attached hydrogens (tertiary/aromatic N) is 2. The van der Waals surface area contributed by atoms with E-state index in [1.807, 2.05) is 36.4 Å². The predicted molar refractivity (Wildman–Crippen MR) is 72.0 cm³/mol. The summed E-state index contributed by atoms with van der Waals surface area (Å²) in [5.41, 5.74) is 1.96. The first-order chi connectivity index (χ1) is 8.92. The third kappa shape index (κ3) is 3.35. The number of hydrogen-bond acceptors (Lipinski definition) is 4. The highest BCUT2D eigenvalue weighted by Gasteiger charge is 2.14. The fraction of sp³-hybridized carbons (Fsp3) is 0.286. The van der Waals surface area contributed by atoms with Gasteiger partial charge in [0, 0.05) is 19.1 Å². The zero-order valence-electron chi connectivity index (χ0n) is 10.5. The molecular formula is C14H18N4. The van der Waals surface area contributed by atoms with Crippen LogP contribution in [-0.2, 0) is 0 Å². The molecule has 0 aliphatic carbocycles. The first-order valence-corrected chi connectivity index (χ1v) is 6.17. The Kier molecular flexibility index (Phi) is 4.81. The predicted octanol–water partition coefficient (Wildman–Crippen LogP) is 1.72. The van der Waals surface area contributed by atoms with Gasteiger partial charge in [-0.3, -0.25) is 15.3 Å². The summed E-state index contributed by atoms with van der Waals surface area (Å²) in [6, 6.07) is 11.9. The molecule has 0 aliphatic rings. The van der Waals surface area contributed by atoms with Gasteiger partial charge in [-0.2, -0.15) is 0 Å². The molecule has 0 spiro atoms. The van der Waals surface area contributed by atoms with Gasteiger partial charge in [0.15, 0.2) is 0 Å². The first-order valence-electron chi connectivity index (χ1n) is 6.17. The summed E-state index contributed by atoms with van der Waals surface area (Å²) in [5.74, 6) is 0. The zero-order chi connectivity index (χ0) is 12.6. The van der Waals surface area contributed by atoms with Crippen LogP contribution >= 0.6 is 0 Å². The molecule has 4 heteroatoms. The minimum Gasteiger partial charge on any atom is -0.305 e. The van der Waals surface area contributed by atoms with Gasteiger partial charge in [0.25, 0.3) is 0 Å². The molecule has 0 amide bonds. The monoisotopic (exact) mass is 242 g/mol. The number of hydrogen-bond donors (Lipinski definition) is 2. The minimum atomic E-state index is 0.0199. The Labute approximate surface area is 107 Å². The van der Waals surface area contributed by atoms with Gasteiger partial charge in [0.2, 0.25) is 0 Å². The molecule has 0 radical (unpaired) electrons. The highest BCUT2D eigenvalue weighted by Crippen LogP contribution is 2.17. The molecule has 4 nitrogen and oxygen atoms in total. The molecule has 0 unspecified atom stereocenters.